The summed E-state index contributed by atoms with van der Waals surface area (Å²) in [6.45, 7) is 8.59. The fourth-order valence-corrected chi connectivity index (χ4v) is 5.22. The summed E-state index contributed by atoms with van der Waals surface area (Å²) in [6.07, 6.45) is 27.1. The molecule has 1 aliphatic rings. The van der Waals surface area contributed by atoms with E-state index in [4.69, 9.17) is 4.99 Å². The van der Waals surface area contributed by atoms with Gasteiger partial charge in [-0.05, 0) is 12.8 Å². The highest BCUT2D eigenvalue weighted by atomic mass is 16.1. The van der Waals surface area contributed by atoms with Crippen LogP contribution in [0.4, 0.5) is 0 Å². The van der Waals surface area contributed by atoms with Crippen LogP contribution in [0.5, 0.6) is 0 Å². The molecule has 1 unspecified atom stereocenters. The third kappa shape index (κ3) is 15.9. The Morgan fingerprint density at radius 1 is 0.735 bits per heavy atom. The van der Waals surface area contributed by atoms with Crippen LogP contribution in [0.15, 0.2) is 4.99 Å². The molecule has 4 heteroatoms. The summed E-state index contributed by atoms with van der Waals surface area (Å²) >= 11 is 0. The van der Waals surface area contributed by atoms with Crippen molar-refractivity contribution in [3.63, 3.8) is 0 Å². The van der Waals surface area contributed by atoms with Crippen LogP contribution in [-0.2, 0) is 4.79 Å². The van der Waals surface area contributed by atoms with Crippen molar-refractivity contribution in [1.29, 1.82) is 0 Å². The highest BCUT2D eigenvalue weighted by molar-refractivity contribution is 5.77. The molecule has 0 saturated heterocycles. The van der Waals surface area contributed by atoms with Gasteiger partial charge in [-0.15, -0.1) is 0 Å². The molecule has 0 saturated carbocycles. The van der Waals surface area contributed by atoms with Gasteiger partial charge in [-0.25, -0.2) is 4.99 Å². The second-order valence-electron chi connectivity index (χ2n) is 11.0. The molecule has 0 radical (unpaired) electrons. The van der Waals surface area contributed by atoms with Crippen molar-refractivity contribution in [3.05, 3.63) is 0 Å². The quantitative estimate of drug-likeness (QED) is 0.110. The van der Waals surface area contributed by atoms with Crippen LogP contribution in [0, 0.1) is 0 Å². The van der Waals surface area contributed by atoms with Gasteiger partial charge in [0.25, 0.3) is 0 Å². The Morgan fingerprint density at radius 3 is 1.79 bits per heavy atom. The molecule has 0 aromatic heterocycles. The van der Waals surface area contributed by atoms with Gasteiger partial charge in [-0.1, -0.05) is 117 Å². The average molecular weight is 479 g/mol. The fourth-order valence-electron chi connectivity index (χ4n) is 5.22. The van der Waals surface area contributed by atoms with E-state index in [0.29, 0.717) is 6.42 Å². The smallest absolute Gasteiger partial charge is 0.219 e. The van der Waals surface area contributed by atoms with E-state index in [-0.39, 0.29) is 5.91 Å². The number of nitrogens with one attached hydrogen (secondary N) is 1. The molecule has 1 amide bonds. The number of carbonyl (C=O) groups excluding carboxylic acids is 1. The van der Waals surface area contributed by atoms with Crippen LogP contribution in [0.25, 0.3) is 0 Å². The van der Waals surface area contributed by atoms with Gasteiger partial charge < -0.3 is 5.32 Å². The molecule has 0 aromatic rings. The Hall–Kier alpha value is -0.900. The van der Waals surface area contributed by atoms with E-state index in [2.05, 4.69) is 26.2 Å². The first-order valence-electron chi connectivity index (χ1n) is 15.3. The molecule has 200 valence electrons. The maximum absolute atomic E-state index is 12.2. The van der Waals surface area contributed by atoms with Gasteiger partial charge in [0.05, 0.1) is 20.1 Å². The Bertz CT molecular complexity index is 519. The SMILES string of the molecule is CCCCCCCCCCCC(=O)NCCC[N+]1(C)CCN=C1CCCCCCCCCCC. The van der Waals surface area contributed by atoms with Crippen LogP contribution in [0.3, 0.4) is 0 Å². The third-order valence-corrected chi connectivity index (χ3v) is 7.67. The predicted molar refractivity (Wildman–Crippen MR) is 150 cm³/mol. The molecule has 0 aliphatic carbocycles. The van der Waals surface area contributed by atoms with E-state index < -0.39 is 0 Å². The van der Waals surface area contributed by atoms with Crippen molar-refractivity contribution in [2.24, 2.45) is 4.99 Å². The number of hydrogen-bond acceptors (Lipinski definition) is 2. The van der Waals surface area contributed by atoms with Crippen molar-refractivity contribution in [2.75, 3.05) is 33.2 Å². The van der Waals surface area contributed by atoms with E-state index in [1.165, 1.54) is 115 Å². The minimum Gasteiger partial charge on any atom is -0.356 e. The average Bonchev–Trinajstić information content (AvgIpc) is 3.20. The molecule has 0 fully saturated rings. The second-order valence-corrected chi connectivity index (χ2v) is 11.0. The van der Waals surface area contributed by atoms with Gasteiger partial charge in [0.15, 0.2) is 5.84 Å². The number of likely N-dealkylation sites (N-methyl/N-ethyl adjacent to an activating group) is 1. The summed E-state index contributed by atoms with van der Waals surface area (Å²) in [4.78, 5) is 17.0. The second kappa shape index (κ2) is 21.4. The Balaban J connectivity index is 2.01. The zero-order chi connectivity index (χ0) is 24.7. The Labute approximate surface area is 213 Å². The number of quaternary nitrogens is 1. The summed E-state index contributed by atoms with van der Waals surface area (Å²) in [5.41, 5.74) is 0. The highest BCUT2D eigenvalue weighted by Crippen LogP contribution is 2.19. The number of hydrogen-bond donors (Lipinski definition) is 1. The summed E-state index contributed by atoms with van der Waals surface area (Å²) in [6, 6.07) is 0. The van der Waals surface area contributed by atoms with Gasteiger partial charge in [-0.2, -0.15) is 0 Å². The summed E-state index contributed by atoms with van der Waals surface area (Å²) < 4.78 is 1.01. The molecule has 0 aromatic carbocycles. The van der Waals surface area contributed by atoms with Crippen LogP contribution in [0.1, 0.15) is 149 Å². The minimum absolute atomic E-state index is 0.246. The largest absolute Gasteiger partial charge is 0.356 e. The maximum Gasteiger partial charge on any atom is 0.219 e. The van der Waals surface area contributed by atoms with Gasteiger partial charge in [0.2, 0.25) is 5.91 Å². The van der Waals surface area contributed by atoms with E-state index in [1.54, 1.807) is 0 Å². The minimum atomic E-state index is 0.246. The van der Waals surface area contributed by atoms with E-state index in [1.807, 2.05) is 0 Å². The van der Waals surface area contributed by atoms with E-state index >= 15 is 0 Å². The number of aliphatic imine (C=N–C) groups is 1. The zero-order valence-corrected chi connectivity index (χ0v) is 23.5. The van der Waals surface area contributed by atoms with Crippen LogP contribution >= 0.6 is 0 Å². The van der Waals surface area contributed by atoms with Crippen molar-refractivity contribution >= 4 is 11.7 Å². The van der Waals surface area contributed by atoms with Gasteiger partial charge in [0.1, 0.15) is 6.54 Å². The topological polar surface area (TPSA) is 41.5 Å². The summed E-state index contributed by atoms with van der Waals surface area (Å²) in [5.74, 6) is 1.65. The monoisotopic (exact) mass is 478 g/mol. The fraction of sp³-hybridized carbons (Fsp3) is 0.933. The molecule has 0 bridgehead atoms. The zero-order valence-electron chi connectivity index (χ0n) is 23.5. The van der Waals surface area contributed by atoms with Crippen LogP contribution in [0.2, 0.25) is 0 Å². The number of amidine groups is 1. The highest BCUT2D eigenvalue weighted by Gasteiger charge is 2.32. The lowest BCUT2D eigenvalue weighted by Crippen LogP contribution is -2.48. The molecule has 1 N–H and O–H groups in total. The predicted octanol–water partition coefficient (Wildman–Crippen LogP) is 8.19. The van der Waals surface area contributed by atoms with Crippen molar-refractivity contribution in [3.8, 4) is 0 Å². The molecule has 0 spiro atoms. The summed E-state index contributed by atoms with van der Waals surface area (Å²) in [7, 11) is 2.35. The van der Waals surface area contributed by atoms with Gasteiger partial charge in [-0.3, -0.25) is 9.28 Å². The number of unbranched alkanes of at least 4 members (excludes halogenated alkanes) is 16. The maximum atomic E-state index is 12.2. The normalized spacial score (nSPS) is 17.8. The van der Waals surface area contributed by atoms with Crippen molar-refractivity contribution < 1.29 is 9.28 Å². The van der Waals surface area contributed by atoms with Crippen LogP contribution < -0.4 is 5.32 Å². The Morgan fingerprint density at radius 2 is 1.24 bits per heavy atom. The number of nitrogens with zero attached hydrogens (tertiary/aromatic N) is 2. The summed E-state index contributed by atoms with van der Waals surface area (Å²) in [5, 5.41) is 3.16. The molecular formula is C30H60N3O+. The molecule has 1 rings (SSSR count). The van der Waals surface area contributed by atoms with E-state index in [0.717, 1.165) is 49.9 Å². The molecule has 1 atom stereocenters. The molecule has 1 aliphatic heterocycles. The molecule has 4 nitrogen and oxygen atoms in total. The lowest BCUT2D eigenvalue weighted by Gasteiger charge is -2.30. The lowest BCUT2D eigenvalue weighted by molar-refractivity contribution is -0.815. The van der Waals surface area contributed by atoms with Gasteiger partial charge >= 0.3 is 0 Å². The first kappa shape index (κ1) is 31.1. The van der Waals surface area contributed by atoms with Crippen LogP contribution in [-0.4, -0.2) is 49.5 Å². The third-order valence-electron chi connectivity index (χ3n) is 7.67. The number of carbonyl (C=O) groups is 1. The van der Waals surface area contributed by atoms with E-state index in [9.17, 15) is 4.79 Å². The standard InChI is InChI=1S/C30H59N3O/c1-4-6-8-10-12-14-16-18-20-23-29-31-26-28-33(29,3)27-22-25-32-30(34)24-21-19-17-15-13-11-9-7-5-2/h4-28H2,1-3H3/p+1. The number of rotatable bonds is 24. The van der Waals surface area contributed by atoms with Gasteiger partial charge in [0, 0.05) is 25.8 Å². The Kier molecular flexibility index (Phi) is 19.6. The molecule has 34 heavy (non-hydrogen) atoms. The first-order valence-corrected chi connectivity index (χ1v) is 15.3. The first-order chi connectivity index (χ1) is 16.6. The molecule has 1 heterocycles. The number of amides is 1. The lowest BCUT2D eigenvalue weighted by atomic mass is 10.1. The van der Waals surface area contributed by atoms with Crippen molar-refractivity contribution in [1.82, 2.24) is 5.32 Å². The van der Waals surface area contributed by atoms with Crippen molar-refractivity contribution in [2.45, 2.75) is 149 Å². The molecular weight excluding hydrogens is 418 g/mol.